The average molecular weight is 535 g/mol. The van der Waals surface area contributed by atoms with Gasteiger partial charge in [-0.3, -0.25) is 0 Å². The summed E-state index contributed by atoms with van der Waals surface area (Å²) in [5.41, 5.74) is 6.02. The SMILES string of the molecule is [B]c1cc(I)cc2c1-c1c(Br)cc(I)cc1C2(C)C. The minimum Gasteiger partial charge on any atom is -0.0876 e. The maximum atomic E-state index is 6.29. The Bertz CT molecular complexity index is 648. The van der Waals surface area contributed by atoms with Crippen molar-refractivity contribution in [3.63, 3.8) is 0 Å². The first kappa shape index (κ1) is 14.4. The van der Waals surface area contributed by atoms with Gasteiger partial charge in [-0.25, -0.2) is 0 Å². The molecule has 0 nitrogen and oxygen atoms in total. The summed E-state index contributed by atoms with van der Waals surface area (Å²) in [5.74, 6) is 0. The predicted molar refractivity (Wildman–Crippen MR) is 103 cm³/mol. The zero-order valence-corrected chi connectivity index (χ0v) is 16.4. The summed E-state index contributed by atoms with van der Waals surface area (Å²) in [7, 11) is 6.29. The molecule has 1 aliphatic carbocycles. The van der Waals surface area contributed by atoms with E-state index in [1.807, 2.05) is 0 Å². The molecule has 0 atom stereocenters. The molecule has 0 amide bonds. The molecule has 94 valence electrons. The molecule has 0 aromatic heterocycles. The lowest BCUT2D eigenvalue weighted by Crippen LogP contribution is -2.17. The average Bonchev–Trinajstić information content (AvgIpc) is 2.49. The van der Waals surface area contributed by atoms with E-state index in [1.165, 1.54) is 29.4 Å². The summed E-state index contributed by atoms with van der Waals surface area (Å²) in [6.07, 6.45) is 0. The van der Waals surface area contributed by atoms with Gasteiger partial charge in [0.15, 0.2) is 0 Å². The Labute approximate surface area is 150 Å². The van der Waals surface area contributed by atoms with Crippen LogP contribution in [0.25, 0.3) is 11.1 Å². The Kier molecular flexibility index (Phi) is 3.58. The van der Waals surface area contributed by atoms with Crippen LogP contribution in [0.1, 0.15) is 25.0 Å². The van der Waals surface area contributed by atoms with Crippen LogP contribution in [0.5, 0.6) is 0 Å². The van der Waals surface area contributed by atoms with Crippen LogP contribution in [-0.2, 0) is 5.41 Å². The third-order valence-corrected chi connectivity index (χ3v) is 5.66. The molecule has 0 spiro atoms. The monoisotopic (exact) mass is 534 g/mol. The largest absolute Gasteiger partial charge is 0.114 e. The Morgan fingerprint density at radius 3 is 2.11 bits per heavy atom. The van der Waals surface area contributed by atoms with Crippen LogP contribution < -0.4 is 5.46 Å². The quantitative estimate of drug-likeness (QED) is 0.338. The van der Waals surface area contributed by atoms with Crippen LogP contribution in [0.4, 0.5) is 0 Å². The second-order valence-corrected chi connectivity index (χ2v) is 8.70. The van der Waals surface area contributed by atoms with E-state index in [0.29, 0.717) is 0 Å². The molecule has 1 aliphatic rings. The molecule has 0 fully saturated rings. The van der Waals surface area contributed by atoms with Gasteiger partial charge in [0.1, 0.15) is 7.85 Å². The van der Waals surface area contributed by atoms with Gasteiger partial charge in [0.2, 0.25) is 0 Å². The zero-order chi connectivity index (χ0) is 13.9. The number of halogens is 3. The van der Waals surface area contributed by atoms with Gasteiger partial charge < -0.3 is 0 Å². The van der Waals surface area contributed by atoms with Crippen LogP contribution in [-0.4, -0.2) is 7.85 Å². The van der Waals surface area contributed by atoms with Crippen LogP contribution in [0.2, 0.25) is 0 Å². The summed E-state index contributed by atoms with van der Waals surface area (Å²) < 4.78 is 3.58. The fraction of sp³-hybridized carbons (Fsp3) is 0.200. The second-order valence-electron chi connectivity index (χ2n) is 5.35. The lowest BCUT2D eigenvalue weighted by Gasteiger charge is -2.22. The topological polar surface area (TPSA) is 0 Å². The molecule has 19 heavy (non-hydrogen) atoms. The number of hydrogen-bond donors (Lipinski definition) is 0. The van der Waals surface area contributed by atoms with Crippen LogP contribution in [0.3, 0.4) is 0 Å². The molecule has 0 saturated heterocycles. The molecule has 4 heteroatoms. The van der Waals surface area contributed by atoms with E-state index in [-0.39, 0.29) is 5.41 Å². The van der Waals surface area contributed by atoms with Gasteiger partial charge in [-0.15, -0.1) is 0 Å². The Morgan fingerprint density at radius 2 is 1.47 bits per heavy atom. The van der Waals surface area contributed by atoms with Crippen molar-refractivity contribution in [2.75, 3.05) is 0 Å². The van der Waals surface area contributed by atoms with E-state index >= 15 is 0 Å². The van der Waals surface area contributed by atoms with Crippen molar-refractivity contribution < 1.29 is 0 Å². The van der Waals surface area contributed by atoms with Gasteiger partial charge in [-0.1, -0.05) is 41.3 Å². The summed E-state index contributed by atoms with van der Waals surface area (Å²) in [6.45, 7) is 4.55. The molecule has 2 aromatic rings. The summed E-state index contributed by atoms with van der Waals surface area (Å²) in [6, 6.07) is 8.73. The Hall–Kier alpha value is 0.445. The van der Waals surface area contributed by atoms with E-state index in [0.717, 1.165) is 9.94 Å². The van der Waals surface area contributed by atoms with E-state index in [2.05, 4.69) is 99.2 Å². The normalized spacial score (nSPS) is 15.2. The fourth-order valence-electron chi connectivity index (χ4n) is 2.87. The van der Waals surface area contributed by atoms with Gasteiger partial charge in [0.05, 0.1) is 0 Å². The maximum Gasteiger partial charge on any atom is 0.114 e. The molecule has 0 aliphatic heterocycles. The highest BCUT2D eigenvalue weighted by molar-refractivity contribution is 14.1. The second kappa shape index (κ2) is 4.73. The third kappa shape index (κ3) is 2.13. The van der Waals surface area contributed by atoms with Crippen LogP contribution in [0, 0.1) is 7.14 Å². The minimum atomic E-state index is 0.00364. The van der Waals surface area contributed by atoms with Gasteiger partial charge >= 0.3 is 0 Å². The molecule has 0 saturated carbocycles. The molecule has 3 rings (SSSR count). The first-order valence-corrected chi connectivity index (χ1v) is 8.87. The zero-order valence-electron chi connectivity index (χ0n) is 10.5. The van der Waals surface area contributed by atoms with Gasteiger partial charge in [0, 0.05) is 17.0 Å². The number of rotatable bonds is 0. The van der Waals surface area contributed by atoms with E-state index in [9.17, 15) is 0 Å². The smallest absolute Gasteiger partial charge is 0.0876 e. The number of benzene rings is 2. The van der Waals surface area contributed by atoms with Gasteiger partial charge in [-0.2, -0.15) is 0 Å². The molecule has 2 radical (unpaired) electrons. The van der Waals surface area contributed by atoms with Crippen molar-refractivity contribution >= 4 is 74.4 Å². The minimum absolute atomic E-state index is 0.00364. The summed E-state index contributed by atoms with van der Waals surface area (Å²) in [5, 5.41) is 0. The fourth-order valence-corrected chi connectivity index (χ4v) is 5.22. The van der Waals surface area contributed by atoms with E-state index < -0.39 is 0 Å². The summed E-state index contributed by atoms with van der Waals surface area (Å²) in [4.78, 5) is 0. The van der Waals surface area contributed by atoms with Gasteiger partial charge in [-0.05, 0) is 85.6 Å². The Morgan fingerprint density at radius 1 is 0.947 bits per heavy atom. The maximum absolute atomic E-state index is 6.29. The molecule has 0 N–H and O–H groups in total. The highest BCUT2D eigenvalue weighted by Crippen LogP contribution is 2.51. The third-order valence-electron chi connectivity index (χ3n) is 3.79. The van der Waals surface area contributed by atoms with Crippen molar-refractivity contribution in [3.8, 4) is 11.1 Å². The van der Waals surface area contributed by atoms with Crippen molar-refractivity contribution in [2.45, 2.75) is 19.3 Å². The standard InChI is InChI=1S/C15H10BBrI2/c1-15(2)9-3-7(18)5-11(16)13(9)14-10(15)4-8(19)6-12(14)17/h3-6H,1-2H3. The number of hydrogen-bond acceptors (Lipinski definition) is 0. The van der Waals surface area contributed by atoms with Gasteiger partial charge in [0.25, 0.3) is 0 Å². The van der Waals surface area contributed by atoms with E-state index in [1.54, 1.807) is 0 Å². The highest BCUT2D eigenvalue weighted by Gasteiger charge is 2.37. The Balaban J connectivity index is 2.48. The first-order chi connectivity index (χ1) is 8.82. The number of fused-ring (bicyclic) bond motifs is 3. The molecular formula is C15H10BBrI2. The highest BCUT2D eigenvalue weighted by atomic mass is 127. The van der Waals surface area contributed by atoms with Crippen molar-refractivity contribution in [1.82, 2.24) is 0 Å². The van der Waals surface area contributed by atoms with Crippen molar-refractivity contribution in [1.29, 1.82) is 0 Å². The van der Waals surface area contributed by atoms with Crippen LogP contribution in [0.15, 0.2) is 28.7 Å². The first-order valence-electron chi connectivity index (χ1n) is 5.92. The molecule has 0 unspecified atom stereocenters. The molecule has 0 heterocycles. The predicted octanol–water partition coefficient (Wildman–Crippen LogP) is 4.76. The lowest BCUT2D eigenvalue weighted by atomic mass is 9.80. The van der Waals surface area contributed by atoms with E-state index in [4.69, 9.17) is 7.85 Å². The van der Waals surface area contributed by atoms with Crippen molar-refractivity contribution in [3.05, 3.63) is 47.0 Å². The summed E-state index contributed by atoms with van der Waals surface area (Å²) >= 11 is 8.41. The molecule has 2 aromatic carbocycles. The lowest BCUT2D eigenvalue weighted by molar-refractivity contribution is 0.659. The molecule has 0 bridgehead atoms. The van der Waals surface area contributed by atoms with Crippen LogP contribution >= 0.6 is 61.1 Å². The molecular weight excluding hydrogens is 525 g/mol. The van der Waals surface area contributed by atoms with Crippen molar-refractivity contribution in [2.24, 2.45) is 0 Å².